The average Bonchev–Trinajstić information content (AvgIpc) is 3.20. The van der Waals surface area contributed by atoms with Gasteiger partial charge in [-0.3, -0.25) is 14.5 Å². The second-order valence-electron chi connectivity index (χ2n) is 7.47. The molecule has 0 aliphatic carbocycles. The van der Waals surface area contributed by atoms with Gasteiger partial charge in [0.05, 0.1) is 29.2 Å². The van der Waals surface area contributed by atoms with E-state index in [-0.39, 0.29) is 18.4 Å². The summed E-state index contributed by atoms with van der Waals surface area (Å²) in [5.74, 6) is 0.324. The number of rotatable bonds is 5. The minimum absolute atomic E-state index is 0.177. The number of ether oxygens (including phenoxy) is 2. The summed E-state index contributed by atoms with van der Waals surface area (Å²) in [6.45, 7) is 5.26. The molecule has 0 fully saturated rings. The number of hydrogen-bond acceptors (Lipinski definition) is 6. The van der Waals surface area contributed by atoms with Gasteiger partial charge in [-0.15, -0.1) is 11.3 Å². The number of fused-ring (bicyclic) bond motifs is 1. The van der Waals surface area contributed by atoms with E-state index in [1.54, 1.807) is 36.5 Å². The van der Waals surface area contributed by atoms with Crippen LogP contribution in [0, 0.1) is 13.8 Å². The molecule has 3 aromatic rings. The van der Waals surface area contributed by atoms with Crippen LogP contribution in [0.5, 0.6) is 11.5 Å². The molecule has 1 unspecified atom stereocenters. The van der Waals surface area contributed by atoms with Gasteiger partial charge < -0.3 is 14.8 Å². The molecule has 7 nitrogen and oxygen atoms in total. The fourth-order valence-corrected chi connectivity index (χ4v) is 4.26. The van der Waals surface area contributed by atoms with E-state index in [1.165, 1.54) is 12.0 Å². The van der Waals surface area contributed by atoms with Crippen LogP contribution in [0.3, 0.4) is 0 Å². The van der Waals surface area contributed by atoms with Crippen molar-refractivity contribution in [3.63, 3.8) is 0 Å². The van der Waals surface area contributed by atoms with Crippen molar-refractivity contribution in [3.05, 3.63) is 51.3 Å². The highest BCUT2D eigenvalue weighted by Gasteiger charge is 2.33. The maximum atomic E-state index is 12.9. The molecule has 1 N–H and O–H groups in total. The van der Waals surface area contributed by atoms with Gasteiger partial charge in [0.1, 0.15) is 18.0 Å². The fourth-order valence-electron chi connectivity index (χ4n) is 3.49. The molecule has 0 radical (unpaired) electrons. The molecule has 32 heavy (non-hydrogen) atoms. The zero-order chi connectivity index (χ0) is 23.0. The molecular formula is C23H22ClN3O4S. The van der Waals surface area contributed by atoms with Gasteiger partial charge in [-0.2, -0.15) is 0 Å². The number of halogens is 1. The van der Waals surface area contributed by atoms with Crippen LogP contribution in [0.25, 0.3) is 11.3 Å². The molecule has 1 aliphatic rings. The lowest BCUT2D eigenvalue weighted by molar-refractivity contribution is -0.127. The van der Waals surface area contributed by atoms with E-state index in [1.807, 2.05) is 31.4 Å². The van der Waals surface area contributed by atoms with Crippen LogP contribution in [0.15, 0.2) is 35.7 Å². The topological polar surface area (TPSA) is 80.8 Å². The quantitative estimate of drug-likeness (QED) is 0.575. The lowest BCUT2D eigenvalue weighted by Gasteiger charge is -2.33. The Labute approximate surface area is 194 Å². The van der Waals surface area contributed by atoms with Crippen molar-refractivity contribution in [1.29, 1.82) is 0 Å². The number of thiazole rings is 1. The largest absolute Gasteiger partial charge is 0.495 e. The number of aryl methyl sites for hydroxylation is 2. The highest BCUT2D eigenvalue weighted by atomic mass is 35.5. The molecule has 1 aromatic heterocycles. The molecule has 0 saturated heterocycles. The Kier molecular flexibility index (Phi) is 6.08. The summed E-state index contributed by atoms with van der Waals surface area (Å²) >= 11 is 7.70. The summed E-state index contributed by atoms with van der Waals surface area (Å²) in [5, 5.41) is 6.26. The van der Waals surface area contributed by atoms with E-state index < -0.39 is 6.10 Å². The first kappa shape index (κ1) is 22.1. The Hall–Kier alpha value is -3.10. The number of nitrogens with one attached hydrogen (secondary N) is 1. The predicted molar refractivity (Wildman–Crippen MR) is 126 cm³/mol. The minimum Gasteiger partial charge on any atom is -0.495 e. The van der Waals surface area contributed by atoms with Crippen molar-refractivity contribution in [2.45, 2.75) is 26.9 Å². The number of nitrogens with zero attached hydrogens (tertiary/aromatic N) is 2. The van der Waals surface area contributed by atoms with Crippen molar-refractivity contribution < 1.29 is 19.1 Å². The molecule has 0 saturated carbocycles. The molecule has 166 valence electrons. The van der Waals surface area contributed by atoms with Crippen LogP contribution >= 0.6 is 22.9 Å². The molecule has 2 heterocycles. The van der Waals surface area contributed by atoms with Gasteiger partial charge in [0.2, 0.25) is 5.91 Å². The second-order valence-corrected chi connectivity index (χ2v) is 8.94. The first-order valence-corrected chi connectivity index (χ1v) is 11.2. The average molecular weight is 472 g/mol. The summed E-state index contributed by atoms with van der Waals surface area (Å²) in [5.41, 5.74) is 3.48. The Morgan fingerprint density at radius 1 is 1.31 bits per heavy atom. The molecule has 1 atom stereocenters. The number of carbonyl (C=O) groups excluding carboxylic acids is 2. The van der Waals surface area contributed by atoms with Crippen molar-refractivity contribution in [2.75, 3.05) is 23.9 Å². The minimum atomic E-state index is -0.699. The third-order valence-corrected chi connectivity index (χ3v) is 6.32. The lowest BCUT2D eigenvalue weighted by atomic mass is 10.1. The van der Waals surface area contributed by atoms with Crippen LogP contribution in [0.2, 0.25) is 5.02 Å². The Morgan fingerprint density at radius 3 is 2.78 bits per heavy atom. The van der Waals surface area contributed by atoms with Gasteiger partial charge in [-0.05, 0) is 50.6 Å². The number of benzene rings is 2. The number of amides is 2. The standard InChI is InChI=1S/C23H22ClN3O4S/c1-12-7-17(21(30-4)9-16(12)24)26-22(28)10-27-19-8-15(18-11-32-14(3)25-18)5-6-20(19)31-13(2)23(27)29/h5-9,11,13H,10H2,1-4H3,(H,26,28). The molecule has 2 amide bonds. The highest BCUT2D eigenvalue weighted by molar-refractivity contribution is 7.09. The number of anilines is 2. The smallest absolute Gasteiger partial charge is 0.268 e. The molecule has 2 aromatic carbocycles. The Balaban J connectivity index is 1.63. The predicted octanol–water partition coefficient (Wildman–Crippen LogP) is 4.84. The number of methoxy groups -OCH3 is 1. The zero-order valence-electron chi connectivity index (χ0n) is 18.1. The second kappa shape index (κ2) is 8.80. The van der Waals surface area contributed by atoms with E-state index in [0.29, 0.717) is 27.9 Å². The summed E-state index contributed by atoms with van der Waals surface area (Å²) in [6.07, 6.45) is -0.699. The van der Waals surface area contributed by atoms with Gasteiger partial charge in [0.15, 0.2) is 6.10 Å². The summed E-state index contributed by atoms with van der Waals surface area (Å²) < 4.78 is 11.1. The normalized spacial score (nSPS) is 15.2. The molecule has 0 spiro atoms. The third kappa shape index (κ3) is 4.28. The zero-order valence-corrected chi connectivity index (χ0v) is 19.6. The first-order valence-electron chi connectivity index (χ1n) is 9.95. The monoisotopic (exact) mass is 471 g/mol. The molecule has 1 aliphatic heterocycles. The van der Waals surface area contributed by atoms with Crippen molar-refractivity contribution in [3.8, 4) is 22.8 Å². The summed E-state index contributed by atoms with van der Waals surface area (Å²) in [7, 11) is 1.50. The summed E-state index contributed by atoms with van der Waals surface area (Å²) in [6, 6.07) is 8.91. The van der Waals surface area contributed by atoms with Crippen molar-refractivity contribution in [1.82, 2.24) is 4.98 Å². The van der Waals surface area contributed by atoms with Crippen molar-refractivity contribution in [2.24, 2.45) is 0 Å². The molecule has 4 rings (SSSR count). The van der Waals surface area contributed by atoms with Crippen molar-refractivity contribution >= 4 is 46.1 Å². The molecule has 0 bridgehead atoms. The number of carbonyl (C=O) groups is 2. The highest BCUT2D eigenvalue weighted by Crippen LogP contribution is 2.38. The van der Waals surface area contributed by atoms with E-state index >= 15 is 0 Å². The SMILES string of the molecule is COc1cc(Cl)c(C)cc1NC(=O)CN1C(=O)C(C)Oc2ccc(-c3csc(C)n3)cc21. The molecule has 9 heteroatoms. The van der Waals surface area contributed by atoms with Gasteiger partial charge in [-0.1, -0.05) is 11.6 Å². The van der Waals surface area contributed by atoms with E-state index in [4.69, 9.17) is 21.1 Å². The van der Waals surface area contributed by atoms with Crippen LogP contribution in [-0.2, 0) is 9.59 Å². The Bertz CT molecular complexity index is 1210. The van der Waals surface area contributed by atoms with Gasteiger partial charge in [0, 0.05) is 22.0 Å². The van der Waals surface area contributed by atoms with Crippen LogP contribution in [-0.4, -0.2) is 36.6 Å². The number of hydrogen-bond donors (Lipinski definition) is 1. The maximum absolute atomic E-state index is 12.9. The van der Waals surface area contributed by atoms with Gasteiger partial charge in [0.25, 0.3) is 5.91 Å². The van der Waals surface area contributed by atoms with E-state index in [9.17, 15) is 9.59 Å². The van der Waals surface area contributed by atoms with Gasteiger partial charge >= 0.3 is 0 Å². The lowest BCUT2D eigenvalue weighted by Crippen LogP contribution is -2.47. The van der Waals surface area contributed by atoms with Gasteiger partial charge in [-0.25, -0.2) is 4.98 Å². The van der Waals surface area contributed by atoms with E-state index in [2.05, 4.69) is 10.3 Å². The molecular weight excluding hydrogens is 450 g/mol. The van der Waals surface area contributed by atoms with Crippen LogP contribution < -0.4 is 19.7 Å². The third-order valence-electron chi connectivity index (χ3n) is 5.14. The number of aromatic nitrogens is 1. The first-order chi connectivity index (χ1) is 15.3. The maximum Gasteiger partial charge on any atom is 0.268 e. The van der Waals surface area contributed by atoms with Crippen LogP contribution in [0.1, 0.15) is 17.5 Å². The Morgan fingerprint density at radius 2 is 2.09 bits per heavy atom. The van der Waals surface area contributed by atoms with Crippen LogP contribution in [0.4, 0.5) is 11.4 Å². The summed E-state index contributed by atoms with van der Waals surface area (Å²) in [4.78, 5) is 31.8. The fraction of sp³-hybridized carbons (Fsp3) is 0.261. The van der Waals surface area contributed by atoms with E-state index in [0.717, 1.165) is 21.8 Å².